The molecule has 136 valence electrons. The number of hydrogen-bond acceptors (Lipinski definition) is 5. The zero-order valence-corrected chi connectivity index (χ0v) is 14.7. The first kappa shape index (κ1) is 18.9. The Hall–Kier alpha value is -2.41. The second-order valence-electron chi connectivity index (χ2n) is 5.68. The fourth-order valence-electron chi connectivity index (χ4n) is 2.64. The van der Waals surface area contributed by atoms with E-state index >= 15 is 0 Å². The summed E-state index contributed by atoms with van der Waals surface area (Å²) in [4.78, 5) is 39.2. The lowest BCUT2D eigenvalue weighted by atomic mass is 10.2. The lowest BCUT2D eigenvalue weighted by molar-refractivity contribution is -0.135. The van der Waals surface area contributed by atoms with Gasteiger partial charge in [0.2, 0.25) is 11.8 Å². The van der Waals surface area contributed by atoms with E-state index in [4.69, 9.17) is 9.47 Å². The summed E-state index contributed by atoms with van der Waals surface area (Å²) in [7, 11) is 0. The third-order valence-corrected chi connectivity index (χ3v) is 3.98. The first-order valence-corrected chi connectivity index (χ1v) is 8.43. The lowest BCUT2D eigenvalue weighted by Crippen LogP contribution is -2.42. The van der Waals surface area contributed by atoms with Gasteiger partial charge >= 0.3 is 5.97 Å². The predicted molar refractivity (Wildman–Crippen MR) is 92.4 cm³/mol. The molecule has 1 aliphatic heterocycles. The van der Waals surface area contributed by atoms with Gasteiger partial charge in [-0.1, -0.05) is 0 Å². The van der Waals surface area contributed by atoms with Gasteiger partial charge < -0.3 is 19.3 Å². The van der Waals surface area contributed by atoms with E-state index in [0.29, 0.717) is 50.7 Å². The molecule has 0 spiro atoms. The van der Waals surface area contributed by atoms with E-state index in [1.807, 2.05) is 0 Å². The Morgan fingerprint density at radius 1 is 1.16 bits per heavy atom. The second kappa shape index (κ2) is 9.17. The Labute approximate surface area is 147 Å². The molecule has 2 rings (SSSR count). The van der Waals surface area contributed by atoms with Crippen molar-refractivity contribution < 1.29 is 23.9 Å². The molecule has 1 aromatic carbocycles. The van der Waals surface area contributed by atoms with Crippen LogP contribution in [0.15, 0.2) is 24.3 Å². The monoisotopic (exact) mass is 348 g/mol. The summed E-state index contributed by atoms with van der Waals surface area (Å²) in [6.45, 7) is 6.09. The highest BCUT2D eigenvalue weighted by molar-refractivity contribution is 5.94. The van der Waals surface area contributed by atoms with Gasteiger partial charge in [0, 0.05) is 38.7 Å². The Morgan fingerprint density at radius 3 is 2.36 bits per heavy atom. The number of rotatable bonds is 6. The van der Waals surface area contributed by atoms with Crippen molar-refractivity contribution in [3.05, 3.63) is 29.8 Å². The van der Waals surface area contributed by atoms with Gasteiger partial charge in [-0.15, -0.1) is 0 Å². The molecule has 7 heteroatoms. The van der Waals surface area contributed by atoms with E-state index in [2.05, 4.69) is 0 Å². The van der Waals surface area contributed by atoms with Crippen LogP contribution in [0.2, 0.25) is 0 Å². The minimum atomic E-state index is -0.397. The number of carbonyl (C=O) groups excluding carboxylic acids is 3. The Kier molecular flexibility index (Phi) is 6.94. The molecule has 1 heterocycles. The quantitative estimate of drug-likeness (QED) is 0.728. The molecule has 1 saturated heterocycles. The molecule has 0 aliphatic carbocycles. The van der Waals surface area contributed by atoms with Gasteiger partial charge in [-0.2, -0.15) is 0 Å². The van der Waals surface area contributed by atoms with Crippen molar-refractivity contribution in [1.82, 2.24) is 4.90 Å². The van der Waals surface area contributed by atoms with E-state index in [1.54, 1.807) is 36.1 Å². The molecular weight excluding hydrogens is 324 g/mol. The molecule has 0 radical (unpaired) electrons. The first-order chi connectivity index (χ1) is 12.0. The number of hydrogen-bond donors (Lipinski definition) is 0. The Balaban J connectivity index is 1.98. The third-order valence-electron chi connectivity index (χ3n) is 3.98. The molecular formula is C18H24N2O5. The number of ether oxygens (including phenoxy) is 2. The van der Waals surface area contributed by atoms with Crippen LogP contribution in [0.3, 0.4) is 0 Å². The van der Waals surface area contributed by atoms with Gasteiger partial charge in [0.1, 0.15) is 0 Å². The molecule has 0 aromatic heterocycles. The van der Waals surface area contributed by atoms with E-state index in [-0.39, 0.29) is 18.2 Å². The van der Waals surface area contributed by atoms with Crippen LogP contribution in [0.25, 0.3) is 0 Å². The zero-order chi connectivity index (χ0) is 18.2. The fourth-order valence-corrected chi connectivity index (χ4v) is 2.64. The van der Waals surface area contributed by atoms with Crippen molar-refractivity contribution in [1.29, 1.82) is 0 Å². The van der Waals surface area contributed by atoms with Crippen molar-refractivity contribution in [3.63, 3.8) is 0 Å². The molecule has 0 bridgehead atoms. The molecule has 0 unspecified atom stereocenters. The summed E-state index contributed by atoms with van der Waals surface area (Å²) in [6.07, 6.45) is 0.249. The third kappa shape index (κ3) is 5.29. The standard InChI is InChI=1S/C18H24N2O5/c1-3-25-18(23)15-4-6-16(7-5-15)20(14(2)21)9-8-17(22)19-10-12-24-13-11-19/h4-7H,3,8-13H2,1-2H3. The number of amides is 2. The van der Waals surface area contributed by atoms with Crippen LogP contribution >= 0.6 is 0 Å². The van der Waals surface area contributed by atoms with Crippen LogP contribution in [0.1, 0.15) is 30.6 Å². The fraction of sp³-hybridized carbons (Fsp3) is 0.500. The van der Waals surface area contributed by atoms with E-state index in [9.17, 15) is 14.4 Å². The maximum atomic E-state index is 12.2. The summed E-state index contributed by atoms with van der Waals surface area (Å²) < 4.78 is 10.2. The first-order valence-electron chi connectivity index (χ1n) is 8.43. The van der Waals surface area contributed by atoms with Crippen molar-refractivity contribution in [2.45, 2.75) is 20.3 Å². The average molecular weight is 348 g/mol. The van der Waals surface area contributed by atoms with Gasteiger partial charge in [-0.3, -0.25) is 9.59 Å². The van der Waals surface area contributed by atoms with Crippen LogP contribution in [-0.4, -0.2) is 62.1 Å². The Morgan fingerprint density at radius 2 is 1.80 bits per heavy atom. The molecule has 0 saturated carbocycles. The lowest BCUT2D eigenvalue weighted by Gasteiger charge is -2.28. The van der Waals surface area contributed by atoms with Crippen LogP contribution in [-0.2, 0) is 19.1 Å². The number of anilines is 1. The molecule has 7 nitrogen and oxygen atoms in total. The number of benzene rings is 1. The van der Waals surface area contributed by atoms with Crippen molar-refractivity contribution in [2.24, 2.45) is 0 Å². The molecule has 1 fully saturated rings. The highest BCUT2D eigenvalue weighted by atomic mass is 16.5. The van der Waals surface area contributed by atoms with Crippen molar-refractivity contribution in [2.75, 3.05) is 44.4 Å². The summed E-state index contributed by atoms with van der Waals surface area (Å²) in [5, 5.41) is 0. The smallest absolute Gasteiger partial charge is 0.338 e. The minimum absolute atomic E-state index is 0.0118. The van der Waals surface area contributed by atoms with E-state index in [0.717, 1.165) is 0 Å². The van der Waals surface area contributed by atoms with Gasteiger partial charge in [0.25, 0.3) is 0 Å². The van der Waals surface area contributed by atoms with Gasteiger partial charge in [0.15, 0.2) is 0 Å². The molecule has 1 aromatic rings. The van der Waals surface area contributed by atoms with Crippen LogP contribution in [0.5, 0.6) is 0 Å². The minimum Gasteiger partial charge on any atom is -0.462 e. The normalized spacial score (nSPS) is 14.1. The summed E-state index contributed by atoms with van der Waals surface area (Å²) in [5.74, 6) is -0.540. The maximum absolute atomic E-state index is 12.2. The SMILES string of the molecule is CCOC(=O)c1ccc(N(CCC(=O)N2CCOCC2)C(C)=O)cc1. The van der Waals surface area contributed by atoms with Crippen LogP contribution in [0, 0.1) is 0 Å². The number of esters is 1. The predicted octanol–water partition coefficient (Wildman–Crippen LogP) is 1.47. The topological polar surface area (TPSA) is 76.2 Å². The molecule has 1 aliphatic rings. The molecule has 2 amide bonds. The maximum Gasteiger partial charge on any atom is 0.338 e. The number of morpholine rings is 1. The highest BCUT2D eigenvalue weighted by Gasteiger charge is 2.19. The zero-order valence-electron chi connectivity index (χ0n) is 14.7. The van der Waals surface area contributed by atoms with E-state index in [1.165, 1.54) is 11.8 Å². The van der Waals surface area contributed by atoms with Gasteiger partial charge in [0.05, 0.1) is 25.4 Å². The van der Waals surface area contributed by atoms with Gasteiger partial charge in [-0.25, -0.2) is 4.79 Å². The largest absolute Gasteiger partial charge is 0.462 e. The Bertz CT molecular complexity index is 608. The molecule has 0 atom stereocenters. The number of carbonyl (C=O) groups is 3. The highest BCUT2D eigenvalue weighted by Crippen LogP contribution is 2.17. The van der Waals surface area contributed by atoms with Crippen molar-refractivity contribution in [3.8, 4) is 0 Å². The van der Waals surface area contributed by atoms with Crippen molar-refractivity contribution >= 4 is 23.5 Å². The van der Waals surface area contributed by atoms with Crippen LogP contribution in [0.4, 0.5) is 5.69 Å². The van der Waals surface area contributed by atoms with E-state index < -0.39 is 5.97 Å². The average Bonchev–Trinajstić information content (AvgIpc) is 2.63. The van der Waals surface area contributed by atoms with Crippen LogP contribution < -0.4 is 4.90 Å². The summed E-state index contributed by atoms with van der Waals surface area (Å²) in [5.41, 5.74) is 1.08. The summed E-state index contributed by atoms with van der Waals surface area (Å²) >= 11 is 0. The second-order valence-corrected chi connectivity index (χ2v) is 5.68. The number of nitrogens with zero attached hydrogens (tertiary/aromatic N) is 2. The van der Waals surface area contributed by atoms with Gasteiger partial charge in [-0.05, 0) is 31.2 Å². The molecule has 25 heavy (non-hydrogen) atoms. The summed E-state index contributed by atoms with van der Waals surface area (Å²) in [6, 6.07) is 6.61. The molecule has 0 N–H and O–H groups in total.